The Morgan fingerprint density at radius 2 is 2.05 bits per heavy atom. The van der Waals surface area contributed by atoms with Crippen LogP contribution in [-0.4, -0.2) is 18.0 Å². The molecule has 1 aromatic carbocycles. The number of pyridine rings is 1. The number of aromatic nitrogens is 1. The molecule has 0 bridgehead atoms. The van der Waals surface area contributed by atoms with Crippen LogP contribution in [0.2, 0.25) is 0 Å². The number of aromatic amines is 1. The van der Waals surface area contributed by atoms with E-state index in [9.17, 15) is 9.59 Å². The quantitative estimate of drug-likeness (QED) is 0.882. The molecule has 6 heteroatoms. The molecule has 2 rings (SSSR count). The Bertz CT molecular complexity index is 744. The SMILES string of the molecule is COc1cccc(C#N)c1NC(=O)c1cccc(=O)[nH]1. The molecule has 100 valence electrons. The Morgan fingerprint density at radius 1 is 1.30 bits per heavy atom. The largest absolute Gasteiger partial charge is 0.495 e. The number of carbonyl (C=O) groups is 1. The Morgan fingerprint density at radius 3 is 2.70 bits per heavy atom. The van der Waals surface area contributed by atoms with E-state index in [0.717, 1.165) is 0 Å². The lowest BCUT2D eigenvalue weighted by Crippen LogP contribution is -2.18. The van der Waals surface area contributed by atoms with Gasteiger partial charge in [0.1, 0.15) is 23.2 Å². The minimum Gasteiger partial charge on any atom is -0.495 e. The number of rotatable bonds is 3. The van der Waals surface area contributed by atoms with Gasteiger partial charge in [-0.2, -0.15) is 5.26 Å². The number of nitrogens with zero attached hydrogens (tertiary/aromatic N) is 1. The Hall–Kier alpha value is -3.07. The smallest absolute Gasteiger partial charge is 0.272 e. The first-order valence-electron chi connectivity index (χ1n) is 5.73. The van der Waals surface area contributed by atoms with Gasteiger partial charge in [0.05, 0.1) is 12.7 Å². The highest BCUT2D eigenvalue weighted by molar-refractivity contribution is 6.04. The van der Waals surface area contributed by atoms with Gasteiger partial charge in [0.15, 0.2) is 0 Å². The average Bonchev–Trinajstić information content (AvgIpc) is 2.47. The lowest BCUT2D eigenvalue weighted by Gasteiger charge is -2.11. The fourth-order valence-corrected chi connectivity index (χ4v) is 1.68. The van der Waals surface area contributed by atoms with Crippen molar-refractivity contribution in [3.8, 4) is 11.8 Å². The molecule has 1 aromatic heterocycles. The van der Waals surface area contributed by atoms with Gasteiger partial charge in [-0.15, -0.1) is 0 Å². The van der Waals surface area contributed by atoms with E-state index in [-0.39, 0.29) is 22.5 Å². The maximum absolute atomic E-state index is 12.1. The van der Waals surface area contributed by atoms with Crippen molar-refractivity contribution in [2.24, 2.45) is 0 Å². The number of para-hydroxylation sites is 1. The van der Waals surface area contributed by atoms with E-state index in [0.29, 0.717) is 5.75 Å². The molecule has 0 saturated heterocycles. The third kappa shape index (κ3) is 2.67. The molecule has 2 N–H and O–H groups in total. The van der Waals surface area contributed by atoms with Crippen LogP contribution in [0.3, 0.4) is 0 Å². The van der Waals surface area contributed by atoms with Crippen molar-refractivity contribution >= 4 is 11.6 Å². The molecule has 0 aliphatic heterocycles. The van der Waals surface area contributed by atoms with Crippen LogP contribution in [0.25, 0.3) is 0 Å². The van der Waals surface area contributed by atoms with Crippen LogP contribution in [0.1, 0.15) is 16.1 Å². The summed E-state index contributed by atoms with van der Waals surface area (Å²) in [7, 11) is 1.44. The van der Waals surface area contributed by atoms with Crippen molar-refractivity contribution in [3.63, 3.8) is 0 Å². The molecule has 0 atom stereocenters. The highest BCUT2D eigenvalue weighted by Crippen LogP contribution is 2.28. The predicted octanol–water partition coefficient (Wildman–Crippen LogP) is 1.51. The summed E-state index contributed by atoms with van der Waals surface area (Å²) in [6, 6.07) is 11.1. The van der Waals surface area contributed by atoms with Gasteiger partial charge in [0.25, 0.3) is 5.91 Å². The molecule has 0 aliphatic carbocycles. The maximum atomic E-state index is 12.1. The highest BCUT2D eigenvalue weighted by atomic mass is 16.5. The number of nitriles is 1. The summed E-state index contributed by atoms with van der Waals surface area (Å²) < 4.78 is 5.11. The van der Waals surface area contributed by atoms with E-state index in [1.54, 1.807) is 18.2 Å². The number of H-pyrrole nitrogens is 1. The molecular formula is C14H11N3O3. The second kappa shape index (κ2) is 5.71. The first kappa shape index (κ1) is 13.4. The van der Waals surface area contributed by atoms with Crippen LogP contribution in [0.15, 0.2) is 41.2 Å². The van der Waals surface area contributed by atoms with Crippen molar-refractivity contribution < 1.29 is 9.53 Å². The van der Waals surface area contributed by atoms with E-state index in [4.69, 9.17) is 10.00 Å². The van der Waals surface area contributed by atoms with E-state index in [2.05, 4.69) is 10.3 Å². The van der Waals surface area contributed by atoms with Crippen LogP contribution in [0.5, 0.6) is 5.75 Å². The number of anilines is 1. The second-order valence-electron chi connectivity index (χ2n) is 3.88. The third-order valence-electron chi connectivity index (χ3n) is 2.62. The number of hydrogen-bond acceptors (Lipinski definition) is 4. The van der Waals surface area contributed by atoms with Gasteiger partial charge in [-0.3, -0.25) is 9.59 Å². The Kier molecular flexibility index (Phi) is 3.82. The van der Waals surface area contributed by atoms with Gasteiger partial charge in [0.2, 0.25) is 5.56 Å². The van der Waals surface area contributed by atoms with Gasteiger partial charge in [-0.25, -0.2) is 0 Å². The van der Waals surface area contributed by atoms with E-state index in [1.165, 1.54) is 25.3 Å². The summed E-state index contributed by atoms with van der Waals surface area (Å²) in [5.41, 5.74) is 0.272. The number of ether oxygens (including phenoxy) is 1. The molecule has 20 heavy (non-hydrogen) atoms. The molecule has 1 amide bonds. The number of hydrogen-bond donors (Lipinski definition) is 2. The summed E-state index contributed by atoms with van der Waals surface area (Å²) in [6.45, 7) is 0. The van der Waals surface area contributed by atoms with Crippen LogP contribution in [-0.2, 0) is 0 Å². The topological polar surface area (TPSA) is 95.0 Å². The molecular weight excluding hydrogens is 258 g/mol. The lowest BCUT2D eigenvalue weighted by atomic mass is 10.1. The minimum atomic E-state index is -0.524. The standard InChI is InChI=1S/C14H11N3O3/c1-20-11-6-2-4-9(8-15)13(11)17-14(19)10-5-3-7-12(18)16-10/h2-7H,1H3,(H,16,18)(H,17,19). The van der Waals surface area contributed by atoms with Gasteiger partial charge in [-0.1, -0.05) is 12.1 Å². The van der Waals surface area contributed by atoms with Crippen molar-refractivity contribution in [1.82, 2.24) is 4.98 Å². The summed E-state index contributed by atoms with van der Waals surface area (Å²) in [6.07, 6.45) is 0. The number of nitrogens with one attached hydrogen (secondary N) is 2. The monoisotopic (exact) mass is 269 g/mol. The van der Waals surface area contributed by atoms with Crippen molar-refractivity contribution in [3.05, 3.63) is 58.0 Å². The van der Waals surface area contributed by atoms with E-state index < -0.39 is 5.91 Å². The van der Waals surface area contributed by atoms with Crippen LogP contribution >= 0.6 is 0 Å². The van der Waals surface area contributed by atoms with Crippen molar-refractivity contribution in [1.29, 1.82) is 5.26 Å². The van der Waals surface area contributed by atoms with Gasteiger partial charge in [0, 0.05) is 6.07 Å². The van der Waals surface area contributed by atoms with Crippen LogP contribution < -0.4 is 15.6 Å². The highest BCUT2D eigenvalue weighted by Gasteiger charge is 2.14. The first-order valence-corrected chi connectivity index (χ1v) is 5.73. The first-order chi connectivity index (χ1) is 9.65. The maximum Gasteiger partial charge on any atom is 0.272 e. The number of amides is 1. The summed E-state index contributed by atoms with van der Waals surface area (Å²) >= 11 is 0. The van der Waals surface area contributed by atoms with E-state index >= 15 is 0 Å². The Labute approximate surface area is 114 Å². The molecule has 0 fully saturated rings. The average molecular weight is 269 g/mol. The number of carbonyl (C=O) groups excluding carboxylic acids is 1. The molecule has 2 aromatic rings. The van der Waals surface area contributed by atoms with Gasteiger partial charge < -0.3 is 15.0 Å². The molecule has 0 radical (unpaired) electrons. The summed E-state index contributed by atoms with van der Waals surface area (Å²) in [4.78, 5) is 25.6. The summed E-state index contributed by atoms with van der Waals surface area (Å²) in [5, 5.41) is 11.6. The van der Waals surface area contributed by atoms with Crippen LogP contribution in [0.4, 0.5) is 5.69 Å². The zero-order valence-electron chi connectivity index (χ0n) is 10.6. The van der Waals surface area contributed by atoms with Gasteiger partial charge >= 0.3 is 0 Å². The molecule has 0 spiro atoms. The Balaban J connectivity index is 2.37. The summed E-state index contributed by atoms with van der Waals surface area (Å²) in [5.74, 6) is -0.153. The molecule has 0 aliphatic rings. The molecule has 0 unspecified atom stereocenters. The van der Waals surface area contributed by atoms with Gasteiger partial charge in [-0.05, 0) is 18.2 Å². The van der Waals surface area contributed by atoms with Crippen molar-refractivity contribution in [2.75, 3.05) is 12.4 Å². The van der Waals surface area contributed by atoms with E-state index in [1.807, 2.05) is 6.07 Å². The predicted molar refractivity (Wildman–Crippen MR) is 72.7 cm³/mol. The van der Waals surface area contributed by atoms with Crippen LogP contribution in [0, 0.1) is 11.3 Å². The fourth-order valence-electron chi connectivity index (χ4n) is 1.68. The second-order valence-corrected chi connectivity index (χ2v) is 3.88. The zero-order chi connectivity index (χ0) is 14.5. The molecule has 0 saturated carbocycles. The number of benzene rings is 1. The molecule has 1 heterocycles. The van der Waals surface area contributed by atoms with Crippen molar-refractivity contribution in [2.45, 2.75) is 0 Å². The zero-order valence-corrected chi connectivity index (χ0v) is 10.6. The molecule has 6 nitrogen and oxygen atoms in total. The normalized spacial score (nSPS) is 9.60. The lowest BCUT2D eigenvalue weighted by molar-refractivity contribution is 0.102. The minimum absolute atomic E-state index is 0.104. The third-order valence-corrected chi connectivity index (χ3v) is 2.62. The fraction of sp³-hybridized carbons (Fsp3) is 0.0714. The number of methoxy groups -OCH3 is 1.